The van der Waals surface area contributed by atoms with Crippen molar-refractivity contribution in [2.75, 3.05) is 17.6 Å². The molecule has 6 nitrogen and oxygen atoms in total. The number of ether oxygens (including phenoxy) is 1. The average molecular weight is 360 g/mol. The van der Waals surface area contributed by atoms with Gasteiger partial charge in [-0.25, -0.2) is 0 Å². The van der Waals surface area contributed by atoms with Gasteiger partial charge in [-0.3, -0.25) is 9.59 Å². The molecule has 1 heterocycles. The van der Waals surface area contributed by atoms with E-state index in [1.165, 1.54) is 11.8 Å². The molecule has 0 radical (unpaired) electrons. The zero-order chi connectivity index (χ0) is 15.9. The van der Waals surface area contributed by atoms with Gasteiger partial charge in [-0.1, -0.05) is 12.1 Å². The van der Waals surface area contributed by atoms with E-state index in [-0.39, 0.29) is 30.3 Å². The summed E-state index contributed by atoms with van der Waals surface area (Å²) in [6, 6.07) is 7.48. The Morgan fingerprint density at radius 3 is 2.70 bits per heavy atom. The number of benzene rings is 1. The van der Waals surface area contributed by atoms with Crippen LogP contribution in [-0.2, 0) is 14.3 Å². The largest absolute Gasteiger partial charge is 0.370 e. The lowest BCUT2D eigenvalue weighted by molar-refractivity contribution is -0.126. The van der Waals surface area contributed by atoms with E-state index in [2.05, 4.69) is 5.32 Å². The average Bonchev–Trinajstić information content (AvgIpc) is 2.98. The van der Waals surface area contributed by atoms with E-state index >= 15 is 0 Å². The van der Waals surface area contributed by atoms with Crippen molar-refractivity contribution in [2.24, 2.45) is 11.5 Å². The summed E-state index contributed by atoms with van der Waals surface area (Å²) in [5.74, 6) is 0.0947. The lowest BCUT2D eigenvalue weighted by Crippen LogP contribution is -2.29. The number of amides is 2. The zero-order valence-corrected chi connectivity index (χ0v) is 14.3. The number of carbonyl (C=O) groups excluding carboxylic acids is 2. The minimum absolute atomic E-state index is 0. The normalized spacial score (nSPS) is 19.9. The maximum atomic E-state index is 12.3. The van der Waals surface area contributed by atoms with Crippen molar-refractivity contribution in [1.82, 2.24) is 0 Å². The monoisotopic (exact) mass is 359 g/mol. The van der Waals surface area contributed by atoms with Gasteiger partial charge in [-0.2, -0.15) is 0 Å². The van der Waals surface area contributed by atoms with E-state index in [1.807, 2.05) is 24.3 Å². The molecule has 0 saturated carbocycles. The molecule has 2 atom stereocenters. The number of hydrogen-bond donors (Lipinski definition) is 3. The Kier molecular flexibility index (Phi) is 8.40. The van der Waals surface area contributed by atoms with Gasteiger partial charge in [0.05, 0.1) is 11.8 Å². The highest BCUT2D eigenvalue weighted by Gasteiger charge is 2.30. The molecule has 1 fully saturated rings. The third kappa shape index (κ3) is 6.02. The minimum Gasteiger partial charge on any atom is -0.370 e. The molecule has 1 aromatic rings. The molecule has 1 aliphatic rings. The fourth-order valence-corrected chi connectivity index (χ4v) is 3.22. The predicted octanol–water partition coefficient (Wildman–Crippen LogP) is 1.52. The number of nitrogens with one attached hydrogen (secondary N) is 1. The third-order valence-corrected chi connectivity index (χ3v) is 4.49. The molecule has 0 aromatic heterocycles. The predicted molar refractivity (Wildman–Crippen MR) is 93.8 cm³/mol. The third-order valence-electron chi connectivity index (χ3n) is 3.41. The molecule has 0 unspecified atom stereocenters. The Balaban J connectivity index is 0.00000264. The van der Waals surface area contributed by atoms with Crippen LogP contribution in [0.3, 0.4) is 0 Å². The van der Waals surface area contributed by atoms with E-state index in [9.17, 15) is 9.59 Å². The summed E-state index contributed by atoms with van der Waals surface area (Å²) < 4.78 is 5.59. The van der Waals surface area contributed by atoms with Crippen LogP contribution < -0.4 is 16.8 Å². The van der Waals surface area contributed by atoms with Crippen molar-refractivity contribution in [2.45, 2.75) is 36.4 Å². The lowest BCUT2D eigenvalue weighted by Gasteiger charge is -2.14. The van der Waals surface area contributed by atoms with Crippen LogP contribution in [0.15, 0.2) is 29.2 Å². The highest BCUT2D eigenvalue weighted by atomic mass is 35.5. The fraction of sp³-hybridized carbons (Fsp3) is 0.467. The van der Waals surface area contributed by atoms with Crippen molar-refractivity contribution >= 4 is 41.7 Å². The second kappa shape index (κ2) is 9.77. The number of rotatable bonds is 7. The highest BCUT2D eigenvalue weighted by Crippen LogP contribution is 2.28. The van der Waals surface area contributed by atoms with Gasteiger partial charge in [0, 0.05) is 23.6 Å². The van der Waals surface area contributed by atoms with Crippen LogP contribution in [0.1, 0.15) is 19.3 Å². The van der Waals surface area contributed by atoms with Crippen LogP contribution in [-0.4, -0.2) is 36.3 Å². The Morgan fingerprint density at radius 1 is 1.30 bits per heavy atom. The molecule has 1 aliphatic heterocycles. The van der Waals surface area contributed by atoms with Crippen LogP contribution in [0.25, 0.3) is 0 Å². The van der Waals surface area contributed by atoms with Crippen LogP contribution in [0.5, 0.6) is 0 Å². The molecule has 128 valence electrons. The van der Waals surface area contributed by atoms with E-state index < -0.39 is 6.10 Å². The number of halogens is 1. The van der Waals surface area contributed by atoms with Gasteiger partial charge in [0.1, 0.15) is 6.10 Å². The van der Waals surface area contributed by atoms with Gasteiger partial charge in [-0.15, -0.1) is 24.2 Å². The van der Waals surface area contributed by atoms with Gasteiger partial charge < -0.3 is 21.5 Å². The molecule has 2 amide bonds. The first kappa shape index (κ1) is 19.8. The van der Waals surface area contributed by atoms with E-state index in [0.29, 0.717) is 25.1 Å². The first-order valence-corrected chi connectivity index (χ1v) is 8.25. The molecular formula is C15H22ClN3O3S. The van der Waals surface area contributed by atoms with Crippen molar-refractivity contribution < 1.29 is 14.3 Å². The molecule has 5 N–H and O–H groups in total. The second-order valence-corrected chi connectivity index (χ2v) is 6.25. The van der Waals surface area contributed by atoms with Crippen LogP contribution in [0.4, 0.5) is 5.69 Å². The summed E-state index contributed by atoms with van der Waals surface area (Å²) in [7, 11) is 0. The Bertz CT molecular complexity index is 544. The van der Waals surface area contributed by atoms with Gasteiger partial charge in [0.2, 0.25) is 5.91 Å². The first-order chi connectivity index (χ1) is 10.6. The van der Waals surface area contributed by atoms with Gasteiger partial charge in [0.25, 0.3) is 5.91 Å². The molecule has 23 heavy (non-hydrogen) atoms. The number of anilines is 1. The smallest absolute Gasteiger partial charge is 0.253 e. The topological polar surface area (TPSA) is 107 Å². The zero-order valence-electron chi connectivity index (χ0n) is 12.7. The Labute approximate surface area is 146 Å². The molecule has 2 rings (SSSR count). The lowest BCUT2D eigenvalue weighted by atomic mass is 10.2. The summed E-state index contributed by atoms with van der Waals surface area (Å²) in [6.07, 6.45) is 1.32. The second-order valence-electron chi connectivity index (χ2n) is 5.11. The fourth-order valence-electron chi connectivity index (χ4n) is 2.24. The van der Waals surface area contributed by atoms with Gasteiger partial charge in [-0.05, 0) is 25.0 Å². The maximum Gasteiger partial charge on any atom is 0.253 e. The molecule has 8 heteroatoms. The SMILES string of the molecule is Cl.NC[C@H]1CC[C@@H](C(=O)Nc2ccccc2SCCC(N)=O)O1. The first-order valence-electron chi connectivity index (χ1n) is 7.26. The highest BCUT2D eigenvalue weighted by molar-refractivity contribution is 7.99. The van der Waals surface area contributed by atoms with Crippen molar-refractivity contribution in [3.8, 4) is 0 Å². The van der Waals surface area contributed by atoms with Crippen molar-refractivity contribution in [3.63, 3.8) is 0 Å². The van der Waals surface area contributed by atoms with E-state index in [0.717, 1.165) is 17.0 Å². The van der Waals surface area contributed by atoms with Crippen LogP contribution >= 0.6 is 24.2 Å². The Morgan fingerprint density at radius 2 is 2.04 bits per heavy atom. The standard InChI is InChI=1S/C15H21N3O3S.ClH/c16-9-10-5-6-12(21-10)15(20)18-11-3-1-2-4-13(11)22-8-7-14(17)19;/h1-4,10,12H,5-9,16H2,(H2,17,19)(H,18,20);1H/t10-,12+;/m1./s1. The number of thioether (sulfide) groups is 1. The summed E-state index contributed by atoms with van der Waals surface area (Å²) >= 11 is 1.49. The number of carbonyl (C=O) groups is 2. The summed E-state index contributed by atoms with van der Waals surface area (Å²) in [6.45, 7) is 0.434. The van der Waals surface area contributed by atoms with Crippen molar-refractivity contribution in [1.29, 1.82) is 0 Å². The summed E-state index contributed by atoms with van der Waals surface area (Å²) in [4.78, 5) is 24.0. The molecule has 1 aromatic carbocycles. The minimum atomic E-state index is -0.447. The number of hydrogen-bond acceptors (Lipinski definition) is 5. The number of para-hydroxylation sites is 1. The van der Waals surface area contributed by atoms with Gasteiger partial charge >= 0.3 is 0 Å². The van der Waals surface area contributed by atoms with E-state index in [4.69, 9.17) is 16.2 Å². The quantitative estimate of drug-likeness (QED) is 0.640. The maximum absolute atomic E-state index is 12.3. The Hall–Kier alpha value is -1.28. The molecule has 1 saturated heterocycles. The summed E-state index contributed by atoms with van der Waals surface area (Å²) in [5.41, 5.74) is 11.4. The number of primary amides is 1. The number of nitrogens with two attached hydrogens (primary N) is 2. The molecule has 0 aliphatic carbocycles. The van der Waals surface area contributed by atoms with Crippen molar-refractivity contribution in [3.05, 3.63) is 24.3 Å². The van der Waals surface area contributed by atoms with Crippen LogP contribution in [0, 0.1) is 0 Å². The van der Waals surface area contributed by atoms with Crippen LogP contribution in [0.2, 0.25) is 0 Å². The molecule has 0 bridgehead atoms. The summed E-state index contributed by atoms with van der Waals surface area (Å²) in [5, 5.41) is 2.89. The molecular weight excluding hydrogens is 338 g/mol. The van der Waals surface area contributed by atoms with Gasteiger partial charge in [0.15, 0.2) is 0 Å². The van der Waals surface area contributed by atoms with E-state index in [1.54, 1.807) is 0 Å². The molecule has 0 spiro atoms.